The molecule has 19 heavy (non-hydrogen) atoms. The van der Waals surface area contributed by atoms with E-state index in [2.05, 4.69) is 5.32 Å². The average Bonchev–Trinajstić information content (AvgIpc) is 2.39. The van der Waals surface area contributed by atoms with Crippen molar-refractivity contribution in [3.8, 4) is 0 Å². The monoisotopic (exact) mass is 283 g/mol. The molecule has 2 amide bonds. The molecule has 102 valence electrons. The minimum atomic E-state index is -0.540. The first-order valence-electron chi connectivity index (χ1n) is 6.08. The van der Waals surface area contributed by atoms with Crippen molar-refractivity contribution in [2.24, 2.45) is 0 Å². The van der Waals surface area contributed by atoms with Crippen LogP contribution in [0.5, 0.6) is 0 Å². The summed E-state index contributed by atoms with van der Waals surface area (Å²) in [6, 6.07) is 3.79. The van der Waals surface area contributed by atoms with Gasteiger partial charge in [0.2, 0.25) is 0 Å². The molecule has 0 unspecified atom stereocenters. The third-order valence-electron chi connectivity index (χ3n) is 3.04. The van der Waals surface area contributed by atoms with Gasteiger partial charge in [-0.05, 0) is 31.4 Å². The number of nitrogens with one attached hydrogen (secondary N) is 1. The Bertz CT molecular complexity index is 501. The number of amides is 2. The summed E-state index contributed by atoms with van der Waals surface area (Å²) in [5.74, 6) is 0. The van der Waals surface area contributed by atoms with E-state index in [1.807, 2.05) is 0 Å². The second-order valence-electron chi connectivity index (χ2n) is 4.40. The van der Waals surface area contributed by atoms with Crippen LogP contribution in [0.15, 0.2) is 18.2 Å². The number of piperidine rings is 1. The Morgan fingerprint density at radius 1 is 1.32 bits per heavy atom. The van der Waals surface area contributed by atoms with Gasteiger partial charge in [0.15, 0.2) is 0 Å². The van der Waals surface area contributed by atoms with Crippen LogP contribution < -0.4 is 5.32 Å². The lowest BCUT2D eigenvalue weighted by atomic mass is 10.1. The molecule has 1 fully saturated rings. The third-order valence-corrected chi connectivity index (χ3v) is 3.28. The number of carbonyl (C=O) groups is 1. The highest BCUT2D eigenvalue weighted by atomic mass is 35.5. The van der Waals surface area contributed by atoms with Gasteiger partial charge in [0, 0.05) is 24.2 Å². The fourth-order valence-electron chi connectivity index (χ4n) is 2.06. The molecule has 1 aliphatic heterocycles. The number of carbonyl (C=O) groups excluding carboxylic acids is 1. The Morgan fingerprint density at radius 2 is 2.00 bits per heavy atom. The predicted octanol–water partition coefficient (Wildman–Crippen LogP) is 3.27. The first kappa shape index (κ1) is 13.6. The van der Waals surface area contributed by atoms with Crippen molar-refractivity contribution < 1.29 is 9.72 Å². The molecule has 0 bridgehead atoms. The Kier molecular flexibility index (Phi) is 4.21. The van der Waals surface area contributed by atoms with E-state index >= 15 is 0 Å². The molecule has 7 heteroatoms. The van der Waals surface area contributed by atoms with Crippen molar-refractivity contribution in [3.63, 3.8) is 0 Å². The van der Waals surface area contributed by atoms with Gasteiger partial charge in [-0.3, -0.25) is 10.1 Å². The number of benzene rings is 1. The largest absolute Gasteiger partial charge is 0.325 e. The third kappa shape index (κ3) is 3.35. The molecule has 0 aliphatic carbocycles. The summed E-state index contributed by atoms with van der Waals surface area (Å²) in [4.78, 5) is 24.0. The van der Waals surface area contributed by atoms with Crippen molar-refractivity contribution in [1.29, 1.82) is 0 Å². The molecule has 1 aromatic rings. The number of nitrogens with zero attached hydrogens (tertiary/aromatic N) is 2. The molecule has 0 aromatic heterocycles. The van der Waals surface area contributed by atoms with Crippen LogP contribution in [0.1, 0.15) is 19.3 Å². The van der Waals surface area contributed by atoms with Crippen molar-refractivity contribution in [2.75, 3.05) is 18.4 Å². The fraction of sp³-hybridized carbons (Fsp3) is 0.417. The minimum Gasteiger partial charge on any atom is -0.325 e. The van der Waals surface area contributed by atoms with Crippen LogP contribution in [0.2, 0.25) is 5.02 Å². The summed E-state index contributed by atoms with van der Waals surface area (Å²) >= 11 is 5.80. The number of likely N-dealkylation sites (tertiary alicyclic amines) is 1. The molecule has 1 aliphatic rings. The zero-order valence-electron chi connectivity index (χ0n) is 10.3. The van der Waals surface area contributed by atoms with E-state index in [0.29, 0.717) is 18.1 Å². The Morgan fingerprint density at radius 3 is 2.63 bits per heavy atom. The average molecular weight is 284 g/mol. The number of nitro benzene ring substituents is 1. The van der Waals surface area contributed by atoms with Crippen molar-refractivity contribution in [3.05, 3.63) is 33.3 Å². The highest BCUT2D eigenvalue weighted by molar-refractivity contribution is 6.31. The van der Waals surface area contributed by atoms with Gasteiger partial charge in [-0.2, -0.15) is 0 Å². The van der Waals surface area contributed by atoms with Gasteiger partial charge in [-0.25, -0.2) is 4.79 Å². The van der Waals surface area contributed by atoms with Crippen LogP contribution in [0, 0.1) is 10.1 Å². The van der Waals surface area contributed by atoms with E-state index in [-0.39, 0.29) is 17.4 Å². The molecule has 1 N–H and O–H groups in total. The molecular formula is C12H14ClN3O3. The standard InChI is InChI=1S/C12H14ClN3O3/c13-9-4-5-11(16(18)19)10(8-9)14-12(17)15-6-2-1-3-7-15/h4-5,8H,1-3,6-7H2,(H,14,17). The number of rotatable bonds is 2. The maximum atomic E-state index is 12.0. The van der Waals surface area contributed by atoms with Gasteiger partial charge in [0.1, 0.15) is 5.69 Å². The van der Waals surface area contributed by atoms with Gasteiger partial charge in [-0.15, -0.1) is 0 Å². The second kappa shape index (κ2) is 5.88. The SMILES string of the molecule is O=C(Nc1cc(Cl)ccc1[N+](=O)[O-])N1CCCCC1. The van der Waals surface area contributed by atoms with Gasteiger partial charge in [-0.1, -0.05) is 11.6 Å². The van der Waals surface area contributed by atoms with E-state index < -0.39 is 4.92 Å². The topological polar surface area (TPSA) is 75.5 Å². The fourth-order valence-corrected chi connectivity index (χ4v) is 2.23. The molecular weight excluding hydrogens is 270 g/mol. The Balaban J connectivity index is 2.15. The summed E-state index contributed by atoms with van der Waals surface area (Å²) in [7, 11) is 0. The summed E-state index contributed by atoms with van der Waals surface area (Å²) in [6.45, 7) is 1.36. The number of nitro groups is 1. The number of urea groups is 1. The lowest BCUT2D eigenvalue weighted by molar-refractivity contribution is -0.383. The smallest absolute Gasteiger partial charge is 0.322 e. The van der Waals surface area contributed by atoms with E-state index in [9.17, 15) is 14.9 Å². The first-order valence-corrected chi connectivity index (χ1v) is 6.45. The zero-order valence-corrected chi connectivity index (χ0v) is 11.0. The molecule has 1 heterocycles. The normalized spacial score (nSPS) is 15.1. The highest BCUT2D eigenvalue weighted by Gasteiger charge is 2.20. The van der Waals surface area contributed by atoms with Gasteiger partial charge in [0.25, 0.3) is 5.69 Å². The highest BCUT2D eigenvalue weighted by Crippen LogP contribution is 2.28. The Hall–Kier alpha value is -1.82. The van der Waals surface area contributed by atoms with Gasteiger partial charge >= 0.3 is 6.03 Å². The van der Waals surface area contributed by atoms with Crippen LogP contribution >= 0.6 is 11.6 Å². The van der Waals surface area contributed by atoms with Crippen LogP contribution in [0.25, 0.3) is 0 Å². The second-order valence-corrected chi connectivity index (χ2v) is 4.83. The van der Waals surface area contributed by atoms with E-state index in [4.69, 9.17) is 11.6 Å². The number of halogens is 1. The summed E-state index contributed by atoms with van der Waals surface area (Å²) < 4.78 is 0. The lowest BCUT2D eigenvalue weighted by Gasteiger charge is -2.26. The molecule has 6 nitrogen and oxygen atoms in total. The molecule has 0 saturated carbocycles. The lowest BCUT2D eigenvalue weighted by Crippen LogP contribution is -2.38. The minimum absolute atomic E-state index is 0.132. The molecule has 2 rings (SSSR count). The first-order chi connectivity index (χ1) is 9.08. The van der Waals surface area contributed by atoms with Gasteiger partial charge in [0.05, 0.1) is 4.92 Å². The number of hydrogen-bond acceptors (Lipinski definition) is 3. The van der Waals surface area contributed by atoms with Gasteiger partial charge < -0.3 is 10.2 Å². The van der Waals surface area contributed by atoms with Crippen LogP contribution in [0.3, 0.4) is 0 Å². The predicted molar refractivity (Wildman–Crippen MR) is 72.5 cm³/mol. The van der Waals surface area contributed by atoms with E-state index in [0.717, 1.165) is 19.3 Å². The maximum Gasteiger partial charge on any atom is 0.322 e. The van der Waals surface area contributed by atoms with E-state index in [1.54, 1.807) is 4.90 Å². The molecule has 0 radical (unpaired) electrons. The zero-order chi connectivity index (χ0) is 13.8. The Labute approximate surface area is 115 Å². The van der Waals surface area contributed by atoms with Crippen molar-refractivity contribution in [2.45, 2.75) is 19.3 Å². The van der Waals surface area contributed by atoms with E-state index in [1.165, 1.54) is 18.2 Å². The van der Waals surface area contributed by atoms with Crippen LogP contribution in [-0.4, -0.2) is 28.9 Å². The summed E-state index contributed by atoms with van der Waals surface area (Å²) in [5.41, 5.74) is -0.0252. The van der Waals surface area contributed by atoms with Crippen LogP contribution in [-0.2, 0) is 0 Å². The molecule has 1 saturated heterocycles. The van der Waals surface area contributed by atoms with Crippen molar-refractivity contribution >= 4 is 29.0 Å². The van der Waals surface area contributed by atoms with Crippen LogP contribution in [0.4, 0.5) is 16.2 Å². The maximum absolute atomic E-state index is 12.0. The summed E-state index contributed by atoms with van der Waals surface area (Å²) in [5, 5.41) is 13.8. The number of hydrogen-bond donors (Lipinski definition) is 1. The number of anilines is 1. The summed E-state index contributed by atoms with van der Waals surface area (Å²) in [6.07, 6.45) is 3.04. The molecule has 0 spiro atoms. The quantitative estimate of drug-likeness (QED) is 0.668. The molecule has 1 aromatic carbocycles. The van der Waals surface area contributed by atoms with Crippen molar-refractivity contribution in [1.82, 2.24) is 4.90 Å². The molecule has 0 atom stereocenters.